The van der Waals surface area contributed by atoms with Crippen LogP contribution in [0.3, 0.4) is 0 Å². The highest BCUT2D eigenvalue weighted by atomic mass is 19.1. The number of benzene rings is 1. The summed E-state index contributed by atoms with van der Waals surface area (Å²) in [4.78, 5) is 15.3. The topological polar surface area (TPSA) is 69.8 Å². The molecule has 5 nitrogen and oxygen atoms in total. The highest BCUT2D eigenvalue weighted by Crippen LogP contribution is 2.18. The van der Waals surface area contributed by atoms with Crippen LogP contribution in [-0.4, -0.2) is 59.6 Å². The lowest BCUT2D eigenvalue weighted by Crippen LogP contribution is -2.53. The number of rotatable bonds is 7. The van der Waals surface area contributed by atoms with E-state index >= 15 is 0 Å². The second-order valence-corrected chi connectivity index (χ2v) is 5.74. The molecule has 0 aliphatic carbocycles. The van der Waals surface area contributed by atoms with E-state index < -0.39 is 0 Å². The summed E-state index contributed by atoms with van der Waals surface area (Å²) in [5.74, 6) is -0.492. The summed E-state index contributed by atoms with van der Waals surface area (Å²) in [5, 5.41) is 9.27. The molecular formula is C16H24FN3O2. The minimum atomic E-state index is -0.299. The van der Waals surface area contributed by atoms with Gasteiger partial charge in [0, 0.05) is 57.4 Å². The third-order valence-corrected chi connectivity index (χ3v) is 4.16. The van der Waals surface area contributed by atoms with Crippen LogP contribution in [0.4, 0.5) is 4.39 Å². The van der Waals surface area contributed by atoms with Crippen molar-refractivity contribution < 1.29 is 14.3 Å². The number of carbonyl (C=O) groups excluding carboxylic acids is 1. The Labute approximate surface area is 130 Å². The average molecular weight is 309 g/mol. The van der Waals surface area contributed by atoms with E-state index in [1.54, 1.807) is 12.1 Å². The molecule has 0 radical (unpaired) electrons. The number of hydrogen-bond acceptors (Lipinski definition) is 4. The highest BCUT2D eigenvalue weighted by Gasteiger charge is 2.27. The molecule has 0 bridgehead atoms. The van der Waals surface area contributed by atoms with Gasteiger partial charge in [0.15, 0.2) is 0 Å². The first-order chi connectivity index (χ1) is 10.6. The molecule has 122 valence electrons. The van der Waals surface area contributed by atoms with Gasteiger partial charge in [-0.1, -0.05) is 18.2 Å². The van der Waals surface area contributed by atoms with Crippen molar-refractivity contribution in [1.29, 1.82) is 0 Å². The Morgan fingerprint density at radius 1 is 1.36 bits per heavy atom. The van der Waals surface area contributed by atoms with E-state index in [1.807, 2.05) is 6.07 Å². The Hall–Kier alpha value is -1.50. The first-order valence-electron chi connectivity index (χ1n) is 7.69. The van der Waals surface area contributed by atoms with Gasteiger partial charge in [0.25, 0.3) is 0 Å². The van der Waals surface area contributed by atoms with Crippen molar-refractivity contribution in [2.75, 3.05) is 32.8 Å². The molecule has 0 unspecified atom stereocenters. The number of aliphatic hydroxyl groups is 1. The molecule has 1 atom stereocenters. The first kappa shape index (κ1) is 16.9. The number of carbonyl (C=O) groups is 1. The molecule has 1 aliphatic heterocycles. The third-order valence-electron chi connectivity index (χ3n) is 4.16. The zero-order valence-electron chi connectivity index (χ0n) is 12.7. The van der Waals surface area contributed by atoms with Crippen LogP contribution in [-0.2, 0) is 11.3 Å². The van der Waals surface area contributed by atoms with Crippen molar-refractivity contribution >= 4 is 5.91 Å². The maximum absolute atomic E-state index is 13.8. The van der Waals surface area contributed by atoms with Crippen LogP contribution < -0.4 is 5.73 Å². The van der Waals surface area contributed by atoms with E-state index in [4.69, 9.17) is 5.73 Å². The first-order valence-corrected chi connectivity index (χ1v) is 7.69. The van der Waals surface area contributed by atoms with Gasteiger partial charge in [-0.15, -0.1) is 0 Å². The Kier molecular flexibility index (Phi) is 6.30. The van der Waals surface area contributed by atoms with Crippen molar-refractivity contribution in [1.82, 2.24) is 9.80 Å². The van der Waals surface area contributed by atoms with Crippen molar-refractivity contribution in [3.05, 3.63) is 35.6 Å². The molecule has 22 heavy (non-hydrogen) atoms. The van der Waals surface area contributed by atoms with Gasteiger partial charge in [-0.3, -0.25) is 14.6 Å². The highest BCUT2D eigenvalue weighted by molar-refractivity contribution is 5.73. The fraction of sp³-hybridized carbons (Fsp3) is 0.562. The number of aliphatic hydroxyl groups excluding tert-OH is 1. The van der Waals surface area contributed by atoms with Crippen LogP contribution in [0.1, 0.15) is 18.4 Å². The number of halogens is 1. The summed E-state index contributed by atoms with van der Waals surface area (Å²) >= 11 is 0. The van der Waals surface area contributed by atoms with Gasteiger partial charge in [-0.05, 0) is 12.5 Å². The SMILES string of the molecule is NC(=O)CCN1CCN(Cc2ccccc2F)[C@H](CCO)C1. The van der Waals surface area contributed by atoms with E-state index in [9.17, 15) is 14.3 Å². The van der Waals surface area contributed by atoms with Crippen LogP contribution in [0.25, 0.3) is 0 Å². The molecule has 1 amide bonds. The fourth-order valence-electron chi connectivity index (χ4n) is 2.91. The van der Waals surface area contributed by atoms with Crippen LogP contribution in [0.15, 0.2) is 24.3 Å². The lowest BCUT2D eigenvalue weighted by Gasteiger charge is -2.41. The summed E-state index contributed by atoms with van der Waals surface area (Å²) in [6.07, 6.45) is 0.987. The standard InChI is InChI=1S/C16H24FN3O2/c17-15-4-2-1-3-13(15)11-20-9-8-19(7-5-16(18)22)12-14(20)6-10-21/h1-4,14,21H,5-12H2,(H2,18,22)/t14-/m1/s1. The van der Waals surface area contributed by atoms with Crippen LogP contribution in [0.2, 0.25) is 0 Å². The molecule has 1 aromatic rings. The molecule has 1 heterocycles. The molecule has 2 rings (SSSR count). The molecule has 3 N–H and O–H groups in total. The number of amides is 1. The molecule has 0 saturated carbocycles. The zero-order valence-corrected chi connectivity index (χ0v) is 12.7. The number of hydrogen-bond donors (Lipinski definition) is 2. The van der Waals surface area contributed by atoms with Crippen molar-refractivity contribution in [3.63, 3.8) is 0 Å². The Morgan fingerprint density at radius 2 is 2.14 bits per heavy atom. The average Bonchev–Trinajstić information content (AvgIpc) is 2.50. The number of nitrogens with two attached hydrogens (primary N) is 1. The van der Waals surface area contributed by atoms with E-state index in [-0.39, 0.29) is 24.4 Å². The fourth-order valence-corrected chi connectivity index (χ4v) is 2.91. The van der Waals surface area contributed by atoms with Gasteiger partial charge >= 0.3 is 0 Å². The van der Waals surface area contributed by atoms with Gasteiger partial charge in [0.1, 0.15) is 5.82 Å². The molecule has 0 aromatic heterocycles. The van der Waals surface area contributed by atoms with Crippen LogP contribution in [0, 0.1) is 5.82 Å². The Morgan fingerprint density at radius 3 is 2.82 bits per heavy atom. The summed E-state index contributed by atoms with van der Waals surface area (Å²) in [6, 6.07) is 6.95. The minimum Gasteiger partial charge on any atom is -0.396 e. The second kappa shape index (κ2) is 8.22. The van der Waals surface area contributed by atoms with Gasteiger partial charge < -0.3 is 10.8 Å². The zero-order chi connectivity index (χ0) is 15.9. The molecule has 1 saturated heterocycles. The quantitative estimate of drug-likeness (QED) is 0.772. The van der Waals surface area contributed by atoms with Crippen molar-refractivity contribution in [3.8, 4) is 0 Å². The van der Waals surface area contributed by atoms with Crippen molar-refractivity contribution in [2.45, 2.75) is 25.4 Å². The van der Waals surface area contributed by atoms with E-state index in [0.717, 1.165) is 19.6 Å². The van der Waals surface area contributed by atoms with E-state index in [1.165, 1.54) is 6.07 Å². The lowest BCUT2D eigenvalue weighted by atomic mass is 10.1. The summed E-state index contributed by atoms with van der Waals surface area (Å²) < 4.78 is 13.8. The van der Waals surface area contributed by atoms with Gasteiger partial charge in [-0.2, -0.15) is 0 Å². The number of piperazine rings is 1. The van der Waals surface area contributed by atoms with Gasteiger partial charge in [-0.25, -0.2) is 4.39 Å². The molecule has 1 fully saturated rings. The minimum absolute atomic E-state index is 0.0993. The monoisotopic (exact) mass is 309 g/mol. The Bertz CT molecular complexity index is 498. The van der Waals surface area contributed by atoms with Gasteiger partial charge in [0.2, 0.25) is 5.91 Å². The number of nitrogens with zero attached hydrogens (tertiary/aromatic N) is 2. The molecule has 1 aromatic carbocycles. The van der Waals surface area contributed by atoms with Crippen molar-refractivity contribution in [2.24, 2.45) is 5.73 Å². The maximum Gasteiger partial charge on any atom is 0.218 e. The second-order valence-electron chi connectivity index (χ2n) is 5.74. The summed E-state index contributed by atoms with van der Waals surface area (Å²) in [5.41, 5.74) is 5.87. The lowest BCUT2D eigenvalue weighted by molar-refractivity contribution is -0.118. The molecule has 6 heteroatoms. The van der Waals surface area contributed by atoms with E-state index in [2.05, 4.69) is 9.80 Å². The summed E-state index contributed by atoms with van der Waals surface area (Å²) in [7, 11) is 0. The predicted molar refractivity (Wildman–Crippen MR) is 82.6 cm³/mol. The maximum atomic E-state index is 13.8. The normalized spacial score (nSPS) is 20.2. The smallest absolute Gasteiger partial charge is 0.218 e. The van der Waals surface area contributed by atoms with Crippen LogP contribution >= 0.6 is 0 Å². The third kappa shape index (κ3) is 4.76. The number of primary amides is 1. The summed E-state index contributed by atoms with van der Waals surface area (Å²) in [6.45, 7) is 3.66. The van der Waals surface area contributed by atoms with Gasteiger partial charge in [0.05, 0.1) is 0 Å². The molecule has 0 spiro atoms. The largest absolute Gasteiger partial charge is 0.396 e. The predicted octanol–water partition coefficient (Wildman–Crippen LogP) is 0.570. The van der Waals surface area contributed by atoms with E-state index in [0.29, 0.717) is 31.5 Å². The Balaban J connectivity index is 1.96. The molecular weight excluding hydrogens is 285 g/mol. The van der Waals surface area contributed by atoms with Crippen LogP contribution in [0.5, 0.6) is 0 Å². The molecule has 1 aliphatic rings.